The summed E-state index contributed by atoms with van der Waals surface area (Å²) in [5.41, 5.74) is 4.05. The number of carbonyl (C=O) groups is 3. The van der Waals surface area contributed by atoms with Crippen LogP contribution in [0.1, 0.15) is 88.9 Å². The molecule has 0 radical (unpaired) electrons. The molecule has 290 valence electrons. The number of fused-ring (bicyclic) bond motifs is 4. The lowest BCUT2D eigenvalue weighted by molar-refractivity contribution is -0.140. The minimum Gasteiger partial charge on any atom is -0.488 e. The Labute approximate surface area is 324 Å². The Morgan fingerprint density at radius 3 is 2.07 bits per heavy atom. The summed E-state index contributed by atoms with van der Waals surface area (Å²) in [6.45, 7) is 10.4. The lowest BCUT2D eigenvalue weighted by Gasteiger charge is -2.52. The molecule has 55 heavy (non-hydrogen) atoms. The number of Topliss-reactive ketones (excluding diaryl/α,β-unsaturated/α-hetero) is 3. The molecule has 3 aromatic carbocycles. The fourth-order valence-electron chi connectivity index (χ4n) is 9.57. The third-order valence-corrected chi connectivity index (χ3v) is 11.7. The van der Waals surface area contributed by atoms with Gasteiger partial charge in [-0.05, 0) is 85.7 Å². The maximum absolute atomic E-state index is 15.2. The highest BCUT2D eigenvalue weighted by Gasteiger charge is 2.65. The molecule has 0 amide bonds. The number of nitrogens with zero attached hydrogens (tertiary/aromatic N) is 4. The topological polar surface area (TPSA) is 105 Å². The number of ether oxygens (including phenoxy) is 2. The molecule has 5 atom stereocenters. The first-order chi connectivity index (χ1) is 26.1. The minimum atomic E-state index is -1.50. The summed E-state index contributed by atoms with van der Waals surface area (Å²) >= 11 is 0. The van der Waals surface area contributed by atoms with Gasteiger partial charge >= 0.3 is 0 Å². The van der Waals surface area contributed by atoms with Crippen molar-refractivity contribution in [3.8, 4) is 11.6 Å². The summed E-state index contributed by atoms with van der Waals surface area (Å²) in [4.78, 5) is 51.5. The first-order valence-corrected chi connectivity index (χ1v) is 19.3. The molecule has 3 aliphatic carbocycles. The van der Waals surface area contributed by atoms with Crippen LogP contribution in [0.15, 0.2) is 71.3 Å². The average Bonchev–Trinajstić information content (AvgIpc) is 3.54. The van der Waals surface area contributed by atoms with Gasteiger partial charge in [-0.15, -0.1) is 0 Å². The summed E-state index contributed by atoms with van der Waals surface area (Å²) in [6, 6.07) is 21.1. The van der Waals surface area contributed by atoms with Crippen LogP contribution in [0, 0.1) is 28.6 Å². The van der Waals surface area contributed by atoms with Crippen molar-refractivity contribution in [2.45, 2.75) is 66.3 Å². The number of anilines is 1. The second kappa shape index (κ2) is 14.7. The predicted molar refractivity (Wildman–Crippen MR) is 212 cm³/mol. The van der Waals surface area contributed by atoms with Crippen LogP contribution in [0.2, 0.25) is 0 Å². The van der Waals surface area contributed by atoms with Crippen LogP contribution in [-0.2, 0) is 31.0 Å². The van der Waals surface area contributed by atoms with Crippen LogP contribution < -0.4 is 14.4 Å². The second-order valence-electron chi connectivity index (χ2n) is 17.6. The van der Waals surface area contributed by atoms with Gasteiger partial charge in [-0.1, -0.05) is 81.4 Å². The zero-order chi connectivity index (χ0) is 39.4. The van der Waals surface area contributed by atoms with Crippen LogP contribution in [0.5, 0.6) is 11.6 Å². The molecule has 3 aliphatic rings. The highest BCUT2D eigenvalue weighted by Crippen LogP contribution is 2.59. The molecule has 10 nitrogen and oxygen atoms in total. The Balaban J connectivity index is 1.31. The smallest absolute Gasteiger partial charge is 0.265 e. The maximum atomic E-state index is 15.2. The van der Waals surface area contributed by atoms with Gasteiger partial charge in [0.05, 0.1) is 22.9 Å². The number of hydrogen-bond acceptors (Lipinski definition) is 10. The van der Waals surface area contributed by atoms with E-state index in [0.29, 0.717) is 36.5 Å². The number of rotatable bonds is 11. The zero-order valence-electron chi connectivity index (χ0n) is 33.6. The van der Waals surface area contributed by atoms with Crippen molar-refractivity contribution in [1.82, 2.24) is 15.0 Å². The van der Waals surface area contributed by atoms with Crippen LogP contribution in [0.4, 0.5) is 5.69 Å². The summed E-state index contributed by atoms with van der Waals surface area (Å²) in [5.74, 6) is -1.83. The van der Waals surface area contributed by atoms with E-state index in [-0.39, 0.29) is 47.6 Å². The fraction of sp³-hybridized carbons (Fsp3) is 0.467. The van der Waals surface area contributed by atoms with E-state index in [1.54, 1.807) is 6.92 Å². The molecule has 0 saturated heterocycles. The average molecular weight is 747 g/mol. The van der Waals surface area contributed by atoms with Crippen LogP contribution in [-0.4, -0.2) is 74.1 Å². The molecule has 5 unspecified atom stereocenters. The highest BCUT2D eigenvalue weighted by atomic mass is 16.5. The number of hydrogen-bond donors (Lipinski definition) is 0. The molecule has 4 aromatic rings. The molecule has 1 heterocycles. The molecule has 0 N–H and O–H groups in total. The van der Waals surface area contributed by atoms with Gasteiger partial charge in [-0.2, -0.15) is 0 Å². The van der Waals surface area contributed by atoms with Gasteiger partial charge in [0.1, 0.15) is 24.5 Å². The molecule has 10 heteroatoms. The molecule has 0 bridgehead atoms. The number of aromatic nitrogens is 1. The molecule has 1 saturated carbocycles. The number of ketones is 3. The van der Waals surface area contributed by atoms with Gasteiger partial charge in [0.2, 0.25) is 0 Å². The van der Waals surface area contributed by atoms with E-state index in [1.807, 2.05) is 99.8 Å². The van der Waals surface area contributed by atoms with E-state index < -0.39 is 29.1 Å². The van der Waals surface area contributed by atoms with Crippen molar-refractivity contribution >= 4 is 23.0 Å². The Hall–Kier alpha value is -4.80. The Morgan fingerprint density at radius 1 is 0.873 bits per heavy atom. The van der Waals surface area contributed by atoms with Crippen molar-refractivity contribution in [2.24, 2.45) is 28.6 Å². The van der Waals surface area contributed by atoms with Gasteiger partial charge in [0, 0.05) is 38.8 Å². The zero-order valence-corrected chi connectivity index (χ0v) is 33.6. The number of benzene rings is 3. The predicted octanol–water partition coefficient (Wildman–Crippen LogP) is 7.44. The van der Waals surface area contributed by atoms with Crippen molar-refractivity contribution in [2.75, 3.05) is 46.7 Å². The minimum absolute atomic E-state index is 0.0711. The molecule has 7 rings (SSSR count). The third kappa shape index (κ3) is 6.99. The molecule has 1 aromatic heterocycles. The quantitative estimate of drug-likeness (QED) is 0.144. The first-order valence-electron chi connectivity index (χ1n) is 19.3. The van der Waals surface area contributed by atoms with Crippen molar-refractivity contribution in [3.63, 3.8) is 0 Å². The standard InChI is InChI=1S/C45H54N4O6/c1-44(2,3)26-49(9)23-30-22-33(53-24-27-16-12-10-13-17-27)35-31(37(30)47(5)6)20-29-21-32-38(48(7)8)40-36(42(52)45(32,4)41(51)34(29)39(35)50)43(46-55-40)54-25-28-18-14-11-15-19-28/h10-19,22,29,32,34,38H,20-21,23-26H2,1-9H3. The van der Waals surface area contributed by atoms with E-state index >= 15 is 9.59 Å². The van der Waals surface area contributed by atoms with Gasteiger partial charge in [0.25, 0.3) is 5.88 Å². The summed E-state index contributed by atoms with van der Waals surface area (Å²) < 4.78 is 18.6. The molecular formula is C45H54N4O6. The Morgan fingerprint density at radius 2 is 1.49 bits per heavy atom. The van der Waals surface area contributed by atoms with Crippen molar-refractivity contribution in [1.29, 1.82) is 0 Å². The molecular weight excluding hydrogens is 693 g/mol. The third-order valence-electron chi connectivity index (χ3n) is 11.7. The van der Waals surface area contributed by atoms with Gasteiger partial charge in [-0.3, -0.25) is 19.3 Å². The van der Waals surface area contributed by atoms with E-state index in [0.717, 1.165) is 34.5 Å². The lowest BCUT2D eigenvalue weighted by Crippen LogP contribution is -2.60. The fourth-order valence-corrected chi connectivity index (χ4v) is 9.57. The summed E-state index contributed by atoms with van der Waals surface area (Å²) in [6.07, 6.45) is 0.980. The molecule has 0 aliphatic heterocycles. The lowest BCUT2D eigenvalue weighted by atomic mass is 9.49. The molecule has 1 fully saturated rings. The maximum Gasteiger partial charge on any atom is 0.265 e. The van der Waals surface area contributed by atoms with Gasteiger partial charge in [-0.25, -0.2) is 0 Å². The Bertz CT molecular complexity index is 2090. The monoisotopic (exact) mass is 746 g/mol. The highest BCUT2D eigenvalue weighted by molar-refractivity contribution is 6.25. The van der Waals surface area contributed by atoms with Crippen LogP contribution >= 0.6 is 0 Å². The number of carbonyl (C=O) groups excluding carboxylic acids is 3. The summed E-state index contributed by atoms with van der Waals surface area (Å²) in [5, 5.41) is 4.24. The van der Waals surface area contributed by atoms with Crippen LogP contribution in [0.25, 0.3) is 0 Å². The van der Waals surface area contributed by atoms with Gasteiger partial charge < -0.3 is 23.8 Å². The Kier molecular flexibility index (Phi) is 10.3. The van der Waals surface area contributed by atoms with E-state index in [2.05, 4.69) is 42.8 Å². The second-order valence-corrected chi connectivity index (χ2v) is 17.6. The first kappa shape index (κ1) is 38.5. The van der Waals surface area contributed by atoms with Gasteiger partial charge in [0.15, 0.2) is 23.1 Å². The summed E-state index contributed by atoms with van der Waals surface area (Å²) in [7, 11) is 10.00. The van der Waals surface area contributed by atoms with Crippen molar-refractivity contribution in [3.05, 3.63) is 106 Å². The van der Waals surface area contributed by atoms with E-state index in [1.165, 1.54) is 0 Å². The normalized spacial score (nSPS) is 23.3. The van der Waals surface area contributed by atoms with E-state index in [9.17, 15) is 4.79 Å². The largest absolute Gasteiger partial charge is 0.488 e. The van der Waals surface area contributed by atoms with E-state index in [4.69, 9.17) is 14.0 Å². The van der Waals surface area contributed by atoms with Crippen LogP contribution in [0.3, 0.4) is 0 Å². The molecule has 0 spiro atoms. The van der Waals surface area contributed by atoms with Crippen molar-refractivity contribution < 1.29 is 28.4 Å². The SMILES string of the molecule is CN(Cc1cc(OCc2ccccc2)c2c(c1N(C)C)CC1CC3C(N(C)C)c4onc(OCc5ccccc5)c4C(=O)C3(C)C(=O)C1C2=O)CC(C)(C)C.